The lowest BCUT2D eigenvalue weighted by molar-refractivity contribution is 0.581. The molecule has 0 amide bonds. The Kier molecular flexibility index (Phi) is 4.24. The number of hydrogen-bond acceptors (Lipinski definition) is 5. The Balaban J connectivity index is 2.16. The van der Waals surface area contributed by atoms with Gasteiger partial charge >= 0.3 is 0 Å². The average Bonchev–Trinajstić information content (AvgIpc) is 2.76. The maximum absolute atomic E-state index is 12.1. The number of halogens is 1. The molecular formula is C11H12BrN3O2S2. The number of anilines is 1. The van der Waals surface area contributed by atoms with Gasteiger partial charge in [-0.2, -0.15) is 0 Å². The largest absolute Gasteiger partial charge is 0.398 e. The third-order valence-corrected chi connectivity index (χ3v) is 5.39. The first-order valence-electron chi connectivity index (χ1n) is 5.34. The molecule has 5 nitrogen and oxygen atoms in total. The summed E-state index contributed by atoms with van der Waals surface area (Å²) >= 11 is 4.68. The van der Waals surface area contributed by atoms with Crippen molar-refractivity contribution in [3.05, 3.63) is 38.8 Å². The summed E-state index contributed by atoms with van der Waals surface area (Å²) in [7, 11) is -3.57. The first kappa shape index (κ1) is 14.4. The zero-order chi connectivity index (χ0) is 14.0. The monoisotopic (exact) mass is 361 g/mol. The van der Waals surface area contributed by atoms with Crippen molar-refractivity contribution >= 4 is 43.0 Å². The van der Waals surface area contributed by atoms with E-state index in [-0.39, 0.29) is 11.4 Å². The number of aromatic nitrogens is 1. The molecule has 0 radical (unpaired) electrons. The van der Waals surface area contributed by atoms with Gasteiger partial charge in [-0.1, -0.05) is 0 Å². The van der Waals surface area contributed by atoms with E-state index in [4.69, 9.17) is 5.73 Å². The lowest BCUT2D eigenvalue weighted by Crippen LogP contribution is -2.23. The molecule has 0 saturated carbocycles. The number of hydrogen-bond donors (Lipinski definition) is 2. The number of sulfonamides is 1. The summed E-state index contributed by atoms with van der Waals surface area (Å²) in [5.74, 6) is 0. The molecule has 0 atom stereocenters. The first-order chi connectivity index (χ1) is 8.88. The average molecular weight is 362 g/mol. The zero-order valence-corrected chi connectivity index (χ0v) is 13.3. The van der Waals surface area contributed by atoms with Gasteiger partial charge in [0.05, 0.1) is 11.4 Å². The number of nitrogens with one attached hydrogen (secondary N) is 1. The molecule has 0 bridgehead atoms. The van der Waals surface area contributed by atoms with Gasteiger partial charge in [0.25, 0.3) is 0 Å². The fourth-order valence-corrected chi connectivity index (χ4v) is 3.50. The van der Waals surface area contributed by atoms with E-state index in [1.54, 1.807) is 12.3 Å². The number of nitrogen functional groups attached to an aromatic ring is 1. The summed E-state index contributed by atoms with van der Waals surface area (Å²) in [4.78, 5) is 5.29. The van der Waals surface area contributed by atoms with Gasteiger partial charge in [0.1, 0.15) is 5.01 Å². The molecular weight excluding hydrogens is 350 g/mol. The summed E-state index contributed by atoms with van der Waals surface area (Å²) < 4.78 is 27.3. The number of thiazole rings is 1. The zero-order valence-electron chi connectivity index (χ0n) is 10.1. The van der Waals surface area contributed by atoms with E-state index in [1.807, 2.05) is 6.92 Å². The minimum Gasteiger partial charge on any atom is -0.398 e. The molecule has 2 rings (SSSR count). The molecule has 0 saturated heterocycles. The molecule has 1 aromatic carbocycles. The van der Waals surface area contributed by atoms with Crippen LogP contribution in [0.4, 0.5) is 5.69 Å². The standard InChI is InChI=1S/C11H12BrN3O2S2/c1-7-5-14-11(18-7)6-15-19(16,17)8-2-3-9(12)10(13)4-8/h2-5,15H,6,13H2,1H3. The van der Waals surface area contributed by atoms with E-state index in [2.05, 4.69) is 25.6 Å². The number of nitrogens with zero attached hydrogens (tertiary/aromatic N) is 1. The Hall–Kier alpha value is -0.960. The molecule has 1 heterocycles. The minimum atomic E-state index is -3.57. The van der Waals surface area contributed by atoms with Crippen molar-refractivity contribution in [2.24, 2.45) is 0 Å². The molecule has 102 valence electrons. The highest BCUT2D eigenvalue weighted by atomic mass is 79.9. The van der Waals surface area contributed by atoms with Crippen molar-refractivity contribution < 1.29 is 8.42 Å². The van der Waals surface area contributed by atoms with Crippen molar-refractivity contribution in [2.45, 2.75) is 18.4 Å². The number of aryl methyl sites for hydroxylation is 1. The molecule has 1 aromatic heterocycles. The van der Waals surface area contributed by atoms with E-state index in [1.165, 1.54) is 23.5 Å². The van der Waals surface area contributed by atoms with Crippen LogP contribution in [0.1, 0.15) is 9.88 Å². The Bertz CT molecular complexity index is 698. The molecule has 8 heteroatoms. The maximum Gasteiger partial charge on any atom is 0.241 e. The number of benzene rings is 1. The van der Waals surface area contributed by atoms with Crippen LogP contribution in [0.5, 0.6) is 0 Å². The third-order valence-electron chi connectivity index (χ3n) is 2.36. The lowest BCUT2D eigenvalue weighted by Gasteiger charge is -2.06. The minimum absolute atomic E-state index is 0.140. The fourth-order valence-electron chi connectivity index (χ4n) is 1.41. The number of nitrogens with two attached hydrogens (primary N) is 1. The van der Waals surface area contributed by atoms with Crippen LogP contribution >= 0.6 is 27.3 Å². The van der Waals surface area contributed by atoms with Crippen LogP contribution in [-0.2, 0) is 16.6 Å². The lowest BCUT2D eigenvalue weighted by atomic mass is 10.3. The third kappa shape index (κ3) is 3.53. The molecule has 19 heavy (non-hydrogen) atoms. The Labute approximate surface area is 124 Å². The molecule has 0 aliphatic carbocycles. The van der Waals surface area contributed by atoms with Crippen molar-refractivity contribution in [3.8, 4) is 0 Å². The van der Waals surface area contributed by atoms with Gasteiger partial charge in [-0.05, 0) is 41.1 Å². The van der Waals surface area contributed by atoms with Gasteiger partial charge in [0.2, 0.25) is 10.0 Å². The van der Waals surface area contributed by atoms with E-state index in [9.17, 15) is 8.42 Å². The molecule has 0 unspecified atom stereocenters. The van der Waals surface area contributed by atoms with E-state index in [0.29, 0.717) is 10.2 Å². The van der Waals surface area contributed by atoms with Gasteiger partial charge < -0.3 is 5.73 Å². The Morgan fingerprint density at radius 3 is 2.79 bits per heavy atom. The van der Waals surface area contributed by atoms with Gasteiger partial charge in [-0.3, -0.25) is 0 Å². The van der Waals surface area contributed by atoms with Crippen LogP contribution in [0, 0.1) is 6.92 Å². The van der Waals surface area contributed by atoms with Gasteiger partial charge in [-0.15, -0.1) is 11.3 Å². The van der Waals surface area contributed by atoms with Crippen molar-refractivity contribution in [2.75, 3.05) is 5.73 Å². The van der Waals surface area contributed by atoms with Crippen LogP contribution < -0.4 is 10.5 Å². The predicted octanol–water partition coefficient (Wildman–Crippen LogP) is 2.27. The molecule has 0 aliphatic rings. The highest BCUT2D eigenvalue weighted by Gasteiger charge is 2.15. The van der Waals surface area contributed by atoms with E-state index >= 15 is 0 Å². The molecule has 2 aromatic rings. The van der Waals surface area contributed by atoms with Crippen molar-refractivity contribution in [1.29, 1.82) is 0 Å². The van der Waals surface area contributed by atoms with Crippen LogP contribution in [0.2, 0.25) is 0 Å². The maximum atomic E-state index is 12.1. The summed E-state index contributed by atoms with van der Waals surface area (Å²) in [6, 6.07) is 4.52. The predicted molar refractivity (Wildman–Crippen MR) is 79.4 cm³/mol. The van der Waals surface area contributed by atoms with Crippen LogP contribution in [0.25, 0.3) is 0 Å². The van der Waals surface area contributed by atoms with E-state index < -0.39 is 10.0 Å². The van der Waals surface area contributed by atoms with E-state index in [0.717, 1.165) is 9.88 Å². The van der Waals surface area contributed by atoms with Gasteiger partial charge in [0, 0.05) is 21.2 Å². The highest BCUT2D eigenvalue weighted by Crippen LogP contribution is 2.23. The highest BCUT2D eigenvalue weighted by molar-refractivity contribution is 9.10. The van der Waals surface area contributed by atoms with Crippen LogP contribution in [0.3, 0.4) is 0 Å². The summed E-state index contributed by atoms with van der Waals surface area (Å²) in [5, 5.41) is 0.728. The molecule has 0 fully saturated rings. The number of rotatable bonds is 4. The fraction of sp³-hybridized carbons (Fsp3) is 0.182. The molecule has 3 N–H and O–H groups in total. The molecule has 0 spiro atoms. The Morgan fingerprint density at radius 1 is 1.47 bits per heavy atom. The van der Waals surface area contributed by atoms with Gasteiger partial charge in [-0.25, -0.2) is 18.1 Å². The normalized spacial score (nSPS) is 11.7. The van der Waals surface area contributed by atoms with Gasteiger partial charge in [0.15, 0.2) is 0 Å². The van der Waals surface area contributed by atoms with Crippen molar-refractivity contribution in [1.82, 2.24) is 9.71 Å². The molecule has 0 aliphatic heterocycles. The second kappa shape index (κ2) is 5.58. The summed E-state index contributed by atoms with van der Waals surface area (Å²) in [6.07, 6.45) is 1.71. The summed E-state index contributed by atoms with van der Waals surface area (Å²) in [6.45, 7) is 2.10. The second-order valence-corrected chi connectivity index (χ2v) is 7.81. The summed E-state index contributed by atoms with van der Waals surface area (Å²) in [5.41, 5.74) is 6.06. The first-order valence-corrected chi connectivity index (χ1v) is 8.44. The smallest absolute Gasteiger partial charge is 0.241 e. The SMILES string of the molecule is Cc1cnc(CNS(=O)(=O)c2ccc(Br)c(N)c2)s1. The quantitative estimate of drug-likeness (QED) is 0.818. The Morgan fingerprint density at radius 2 is 2.21 bits per heavy atom. The van der Waals surface area contributed by atoms with Crippen molar-refractivity contribution in [3.63, 3.8) is 0 Å². The van der Waals surface area contributed by atoms with Crippen LogP contribution in [-0.4, -0.2) is 13.4 Å². The topological polar surface area (TPSA) is 85.1 Å². The van der Waals surface area contributed by atoms with Crippen LogP contribution in [0.15, 0.2) is 33.8 Å². The second-order valence-electron chi connectivity index (χ2n) is 3.87.